The van der Waals surface area contributed by atoms with E-state index >= 15 is 0 Å². The Balaban J connectivity index is 1.59. The molecule has 2 aliphatic rings. The van der Waals surface area contributed by atoms with E-state index in [0.717, 1.165) is 18.4 Å². The van der Waals surface area contributed by atoms with E-state index in [9.17, 15) is 0 Å². The van der Waals surface area contributed by atoms with Gasteiger partial charge in [0.1, 0.15) is 5.82 Å². The molecule has 80 valence electrons. The van der Waals surface area contributed by atoms with E-state index < -0.39 is 0 Å². The molecule has 0 bridgehead atoms. The highest BCUT2D eigenvalue weighted by Gasteiger charge is 2.22. The van der Waals surface area contributed by atoms with Gasteiger partial charge in [0, 0.05) is 36.5 Å². The van der Waals surface area contributed by atoms with Crippen LogP contribution < -0.4 is 5.32 Å². The summed E-state index contributed by atoms with van der Waals surface area (Å²) in [6.07, 6.45) is 10.5. The smallest absolute Gasteiger partial charge is 0.131 e. The minimum atomic E-state index is 0.649. The Hall–Kier alpha value is -0.960. The molecule has 0 radical (unpaired) electrons. The predicted molar refractivity (Wildman–Crippen MR) is 58.5 cm³/mol. The zero-order valence-corrected chi connectivity index (χ0v) is 8.95. The molecule has 0 atom stereocenters. The molecular weight excluding hydrogens is 186 g/mol. The van der Waals surface area contributed by atoms with Gasteiger partial charge in [0.05, 0.1) is 0 Å². The Kier molecular flexibility index (Phi) is 2.41. The summed E-state index contributed by atoms with van der Waals surface area (Å²) in [6, 6.07) is 0.760. The third-order valence-corrected chi connectivity index (χ3v) is 3.37. The summed E-state index contributed by atoms with van der Waals surface area (Å²) in [5.41, 5.74) is 1.21. The first-order chi connectivity index (χ1) is 7.42. The summed E-state index contributed by atoms with van der Waals surface area (Å²) in [4.78, 5) is 8.90. The number of hydrogen-bond acceptors (Lipinski definition) is 3. The monoisotopic (exact) mass is 203 g/mol. The van der Waals surface area contributed by atoms with Gasteiger partial charge in [-0.25, -0.2) is 9.97 Å². The number of hydrogen-bond donors (Lipinski definition) is 1. The molecule has 1 heterocycles. The van der Waals surface area contributed by atoms with Gasteiger partial charge in [-0.2, -0.15) is 0 Å². The summed E-state index contributed by atoms with van der Waals surface area (Å²) < 4.78 is 0. The Morgan fingerprint density at radius 2 is 1.87 bits per heavy atom. The third kappa shape index (κ3) is 2.17. The van der Waals surface area contributed by atoms with Crippen LogP contribution in [0.1, 0.15) is 49.4 Å². The molecule has 1 aromatic heterocycles. The zero-order valence-electron chi connectivity index (χ0n) is 8.95. The lowest BCUT2D eigenvalue weighted by Crippen LogP contribution is -2.17. The largest absolute Gasteiger partial charge is 0.310 e. The van der Waals surface area contributed by atoms with Gasteiger partial charge in [-0.15, -0.1) is 0 Å². The van der Waals surface area contributed by atoms with E-state index in [1.54, 1.807) is 0 Å². The average Bonchev–Trinajstić information content (AvgIpc) is 2.98. The van der Waals surface area contributed by atoms with Crippen LogP contribution in [0.4, 0.5) is 0 Å². The van der Waals surface area contributed by atoms with Crippen molar-refractivity contribution < 1.29 is 0 Å². The lowest BCUT2D eigenvalue weighted by Gasteiger charge is -2.23. The van der Waals surface area contributed by atoms with E-state index in [1.165, 1.54) is 37.7 Å². The fraction of sp³-hybridized carbons (Fsp3) is 0.667. The Morgan fingerprint density at radius 1 is 1.13 bits per heavy atom. The van der Waals surface area contributed by atoms with Crippen LogP contribution in [-0.4, -0.2) is 16.0 Å². The van der Waals surface area contributed by atoms with Crippen molar-refractivity contribution in [2.24, 2.45) is 0 Å². The number of aromatic nitrogens is 2. The first kappa shape index (κ1) is 9.28. The van der Waals surface area contributed by atoms with Crippen molar-refractivity contribution in [1.29, 1.82) is 0 Å². The molecule has 2 aliphatic carbocycles. The van der Waals surface area contributed by atoms with Crippen LogP contribution in [-0.2, 0) is 6.54 Å². The maximum atomic E-state index is 4.45. The lowest BCUT2D eigenvalue weighted by molar-refractivity contribution is 0.401. The highest BCUT2D eigenvalue weighted by atomic mass is 15.0. The molecule has 3 heteroatoms. The Bertz CT molecular complexity index is 325. The SMILES string of the molecule is c1nc(C2CCC2)ncc1CNC1CC1. The Labute approximate surface area is 90.3 Å². The van der Waals surface area contributed by atoms with Gasteiger partial charge in [-0.1, -0.05) is 6.42 Å². The van der Waals surface area contributed by atoms with Crippen LogP contribution in [0.25, 0.3) is 0 Å². The summed E-state index contributed by atoms with van der Waals surface area (Å²) in [5, 5.41) is 3.47. The highest BCUT2D eigenvalue weighted by Crippen LogP contribution is 2.33. The van der Waals surface area contributed by atoms with Crippen LogP contribution in [0, 0.1) is 0 Å². The Morgan fingerprint density at radius 3 is 2.40 bits per heavy atom. The summed E-state index contributed by atoms with van der Waals surface area (Å²) in [6.45, 7) is 0.926. The molecule has 1 N–H and O–H groups in total. The summed E-state index contributed by atoms with van der Waals surface area (Å²) >= 11 is 0. The highest BCUT2D eigenvalue weighted by molar-refractivity contribution is 5.09. The van der Waals surface area contributed by atoms with Crippen LogP contribution in [0.15, 0.2) is 12.4 Å². The second-order valence-corrected chi connectivity index (χ2v) is 4.73. The summed E-state index contributed by atoms with van der Waals surface area (Å²) in [7, 11) is 0. The van der Waals surface area contributed by atoms with Crippen molar-refractivity contribution in [2.45, 2.75) is 50.6 Å². The molecular formula is C12H17N3. The van der Waals surface area contributed by atoms with Crippen molar-refractivity contribution in [1.82, 2.24) is 15.3 Å². The molecule has 15 heavy (non-hydrogen) atoms. The van der Waals surface area contributed by atoms with Crippen LogP contribution >= 0.6 is 0 Å². The minimum absolute atomic E-state index is 0.649. The quantitative estimate of drug-likeness (QED) is 0.813. The molecule has 2 saturated carbocycles. The first-order valence-corrected chi connectivity index (χ1v) is 5.96. The lowest BCUT2D eigenvalue weighted by atomic mass is 9.85. The van der Waals surface area contributed by atoms with Crippen LogP contribution in [0.5, 0.6) is 0 Å². The van der Waals surface area contributed by atoms with E-state index in [4.69, 9.17) is 0 Å². The zero-order chi connectivity index (χ0) is 10.1. The van der Waals surface area contributed by atoms with Crippen LogP contribution in [0.3, 0.4) is 0 Å². The van der Waals surface area contributed by atoms with E-state index in [0.29, 0.717) is 5.92 Å². The maximum Gasteiger partial charge on any atom is 0.131 e. The fourth-order valence-corrected chi connectivity index (χ4v) is 1.88. The standard InChI is InChI=1S/C12H17N3/c1-2-10(3-1)12-14-7-9(8-15-12)6-13-11-4-5-11/h7-8,10-11,13H,1-6H2. The molecule has 3 nitrogen and oxygen atoms in total. The van der Waals surface area contributed by atoms with Gasteiger partial charge >= 0.3 is 0 Å². The molecule has 0 amide bonds. The molecule has 0 aromatic carbocycles. The van der Waals surface area contributed by atoms with Gasteiger partial charge < -0.3 is 5.32 Å². The fourth-order valence-electron chi connectivity index (χ4n) is 1.88. The second-order valence-electron chi connectivity index (χ2n) is 4.73. The van der Waals surface area contributed by atoms with Crippen LogP contribution in [0.2, 0.25) is 0 Å². The summed E-state index contributed by atoms with van der Waals surface area (Å²) in [5.74, 6) is 1.70. The van der Waals surface area contributed by atoms with Gasteiger partial charge in [-0.3, -0.25) is 0 Å². The predicted octanol–water partition coefficient (Wildman–Crippen LogP) is 2.00. The molecule has 2 fully saturated rings. The van der Waals surface area contributed by atoms with Gasteiger partial charge in [-0.05, 0) is 25.7 Å². The van der Waals surface area contributed by atoms with Crippen molar-refractivity contribution >= 4 is 0 Å². The first-order valence-electron chi connectivity index (χ1n) is 5.96. The molecule has 3 rings (SSSR count). The van der Waals surface area contributed by atoms with Gasteiger partial charge in [0.2, 0.25) is 0 Å². The second kappa shape index (κ2) is 3.89. The molecule has 1 aromatic rings. The van der Waals surface area contributed by atoms with Crippen molar-refractivity contribution in [3.8, 4) is 0 Å². The van der Waals surface area contributed by atoms with Gasteiger partial charge in [0.15, 0.2) is 0 Å². The van der Waals surface area contributed by atoms with Crippen molar-refractivity contribution in [3.05, 3.63) is 23.8 Å². The van der Waals surface area contributed by atoms with Gasteiger partial charge in [0.25, 0.3) is 0 Å². The molecule has 0 saturated heterocycles. The normalized spacial score (nSPS) is 21.3. The van der Waals surface area contributed by atoms with Crippen molar-refractivity contribution in [3.63, 3.8) is 0 Å². The number of nitrogens with one attached hydrogen (secondary N) is 1. The molecule has 0 spiro atoms. The molecule has 0 unspecified atom stereocenters. The maximum absolute atomic E-state index is 4.45. The third-order valence-electron chi connectivity index (χ3n) is 3.37. The minimum Gasteiger partial charge on any atom is -0.310 e. The average molecular weight is 203 g/mol. The number of rotatable bonds is 4. The number of nitrogens with zero attached hydrogens (tertiary/aromatic N) is 2. The van der Waals surface area contributed by atoms with E-state index in [1.807, 2.05) is 12.4 Å². The van der Waals surface area contributed by atoms with Crippen molar-refractivity contribution in [2.75, 3.05) is 0 Å². The topological polar surface area (TPSA) is 37.8 Å². The van der Waals surface area contributed by atoms with E-state index in [2.05, 4.69) is 15.3 Å². The molecule has 0 aliphatic heterocycles. The van der Waals surface area contributed by atoms with E-state index in [-0.39, 0.29) is 0 Å².